The Morgan fingerprint density at radius 1 is 0.971 bits per heavy atom. The number of fused-ring (bicyclic) bond motifs is 1. The third-order valence-electron chi connectivity index (χ3n) is 5.36. The van der Waals surface area contributed by atoms with Crippen molar-refractivity contribution in [3.63, 3.8) is 0 Å². The number of aromatic nitrogens is 4. The van der Waals surface area contributed by atoms with Crippen LogP contribution in [0.1, 0.15) is 73.3 Å². The van der Waals surface area contributed by atoms with Crippen molar-refractivity contribution in [3.05, 3.63) is 11.6 Å². The summed E-state index contributed by atoms with van der Waals surface area (Å²) in [7, 11) is 1.39. The first-order valence-corrected chi connectivity index (χ1v) is 11.8. The van der Waals surface area contributed by atoms with Crippen molar-refractivity contribution in [2.75, 3.05) is 12.0 Å². The SMILES string of the molecule is COC(=O)C1CCC(n2cnc3c(N(C(=O)OC(C)(C)C)C(=O)OC(C)(C)C)nc(Cl)nc32)CC1. The normalized spacial score (nSPS) is 18.7. The molecule has 1 fully saturated rings. The summed E-state index contributed by atoms with van der Waals surface area (Å²) >= 11 is 6.24. The Labute approximate surface area is 209 Å². The minimum Gasteiger partial charge on any atom is -0.469 e. The Kier molecular flexibility index (Phi) is 7.59. The van der Waals surface area contributed by atoms with Gasteiger partial charge in [0.15, 0.2) is 17.0 Å². The standard InChI is InChI=1S/C23H32ClN5O6/c1-22(2,3)34-20(31)29(21(32)35-23(4,5)6)17-15-16(26-19(24)27-17)28(12-25-15)14-10-8-13(9-11-14)18(30)33-7/h12-14H,8-11H2,1-7H3. The summed E-state index contributed by atoms with van der Waals surface area (Å²) in [5.74, 6) is -0.489. The van der Waals surface area contributed by atoms with Crippen LogP contribution in [-0.4, -0.2) is 56.0 Å². The Morgan fingerprint density at radius 2 is 1.51 bits per heavy atom. The van der Waals surface area contributed by atoms with Gasteiger partial charge in [0.05, 0.1) is 19.4 Å². The maximum absolute atomic E-state index is 13.1. The topological polar surface area (TPSA) is 126 Å². The van der Waals surface area contributed by atoms with Gasteiger partial charge in [0.2, 0.25) is 5.28 Å². The number of halogens is 1. The van der Waals surface area contributed by atoms with Crippen molar-refractivity contribution in [1.29, 1.82) is 0 Å². The van der Waals surface area contributed by atoms with E-state index in [9.17, 15) is 14.4 Å². The van der Waals surface area contributed by atoms with Crippen LogP contribution >= 0.6 is 11.6 Å². The van der Waals surface area contributed by atoms with Crippen LogP contribution in [0.4, 0.5) is 15.4 Å². The number of anilines is 1. The molecule has 2 heterocycles. The van der Waals surface area contributed by atoms with E-state index in [0.717, 1.165) is 0 Å². The van der Waals surface area contributed by atoms with Crippen molar-refractivity contribution in [2.45, 2.75) is 84.5 Å². The van der Waals surface area contributed by atoms with Crippen LogP contribution in [-0.2, 0) is 19.0 Å². The van der Waals surface area contributed by atoms with Gasteiger partial charge in [-0.2, -0.15) is 14.9 Å². The molecule has 2 amide bonds. The van der Waals surface area contributed by atoms with Crippen LogP contribution in [0.2, 0.25) is 5.28 Å². The molecule has 1 saturated carbocycles. The molecule has 1 aliphatic rings. The largest absolute Gasteiger partial charge is 0.469 e. The molecule has 0 bridgehead atoms. The van der Waals surface area contributed by atoms with E-state index < -0.39 is 23.4 Å². The summed E-state index contributed by atoms with van der Waals surface area (Å²) in [5.41, 5.74) is -1.21. The number of hydrogen-bond donors (Lipinski definition) is 0. The molecule has 0 aliphatic heterocycles. The molecule has 0 atom stereocenters. The Bertz CT molecular complexity index is 1080. The third-order valence-corrected chi connectivity index (χ3v) is 5.53. The summed E-state index contributed by atoms with van der Waals surface area (Å²) in [5, 5.41) is -0.172. The fourth-order valence-electron chi connectivity index (χ4n) is 3.92. The van der Waals surface area contributed by atoms with Crippen molar-refractivity contribution < 1.29 is 28.6 Å². The molecule has 1 aliphatic carbocycles. The lowest BCUT2D eigenvalue weighted by Crippen LogP contribution is -2.44. The number of imidazole rings is 1. The van der Waals surface area contributed by atoms with Gasteiger partial charge in [-0.05, 0) is 78.8 Å². The number of carbonyl (C=O) groups is 3. The molecule has 0 radical (unpaired) electrons. The van der Waals surface area contributed by atoms with E-state index in [1.807, 2.05) is 4.57 Å². The fourth-order valence-corrected chi connectivity index (χ4v) is 4.08. The lowest BCUT2D eigenvalue weighted by molar-refractivity contribution is -0.146. The highest BCUT2D eigenvalue weighted by molar-refractivity contribution is 6.29. The van der Waals surface area contributed by atoms with Crippen LogP contribution in [0.3, 0.4) is 0 Å². The van der Waals surface area contributed by atoms with Crippen molar-refractivity contribution in [3.8, 4) is 0 Å². The second-order valence-corrected chi connectivity index (χ2v) is 10.8. The first-order chi connectivity index (χ1) is 16.2. The number of imide groups is 1. The number of carbonyl (C=O) groups excluding carboxylic acids is 3. The minimum absolute atomic E-state index is 0.00349. The molecular weight excluding hydrogens is 478 g/mol. The van der Waals surface area contributed by atoms with Gasteiger partial charge in [-0.25, -0.2) is 14.6 Å². The van der Waals surface area contributed by atoms with Gasteiger partial charge in [0, 0.05) is 6.04 Å². The minimum atomic E-state index is -0.976. The number of methoxy groups -OCH3 is 1. The zero-order chi connectivity index (χ0) is 26.1. The molecule has 0 saturated heterocycles. The number of hydrogen-bond acceptors (Lipinski definition) is 9. The molecule has 12 heteroatoms. The van der Waals surface area contributed by atoms with Gasteiger partial charge in [-0.15, -0.1) is 0 Å². The second kappa shape index (κ2) is 9.96. The number of amides is 2. The maximum atomic E-state index is 13.1. The summed E-state index contributed by atoms with van der Waals surface area (Å²) < 4.78 is 17.6. The van der Waals surface area contributed by atoms with Crippen LogP contribution in [0.25, 0.3) is 11.2 Å². The molecule has 2 aromatic heterocycles. The molecule has 192 valence electrons. The average Bonchev–Trinajstić information content (AvgIpc) is 3.14. The van der Waals surface area contributed by atoms with E-state index in [0.29, 0.717) is 36.2 Å². The quantitative estimate of drug-likeness (QED) is 0.317. The molecule has 0 spiro atoms. The Balaban J connectivity index is 2.02. The highest BCUT2D eigenvalue weighted by Gasteiger charge is 2.37. The van der Waals surface area contributed by atoms with E-state index in [2.05, 4.69) is 15.0 Å². The van der Waals surface area contributed by atoms with Gasteiger partial charge in [-0.1, -0.05) is 0 Å². The van der Waals surface area contributed by atoms with Gasteiger partial charge in [0.1, 0.15) is 11.2 Å². The molecule has 3 rings (SSSR count). The van der Waals surface area contributed by atoms with Crippen LogP contribution in [0, 0.1) is 5.92 Å². The number of ether oxygens (including phenoxy) is 3. The van der Waals surface area contributed by atoms with Crippen molar-refractivity contribution >= 4 is 46.7 Å². The fraction of sp³-hybridized carbons (Fsp3) is 0.652. The maximum Gasteiger partial charge on any atom is 0.425 e. The van der Waals surface area contributed by atoms with Crippen LogP contribution in [0.5, 0.6) is 0 Å². The summed E-state index contributed by atoms with van der Waals surface area (Å²) in [6.45, 7) is 10.1. The Morgan fingerprint density at radius 3 is 2.00 bits per heavy atom. The summed E-state index contributed by atoms with van der Waals surface area (Å²) in [6.07, 6.45) is 2.33. The van der Waals surface area contributed by atoms with Crippen LogP contribution in [0.15, 0.2) is 6.33 Å². The number of esters is 1. The smallest absolute Gasteiger partial charge is 0.425 e. The molecule has 0 unspecified atom stereocenters. The third kappa shape index (κ3) is 6.39. The summed E-state index contributed by atoms with van der Waals surface area (Å²) in [4.78, 5) is 51.7. The molecule has 35 heavy (non-hydrogen) atoms. The molecule has 0 N–H and O–H groups in total. The van der Waals surface area contributed by atoms with E-state index in [1.165, 1.54) is 7.11 Å². The molecule has 2 aromatic rings. The van der Waals surface area contributed by atoms with Gasteiger partial charge < -0.3 is 18.8 Å². The molecule has 0 aromatic carbocycles. The van der Waals surface area contributed by atoms with Gasteiger partial charge >= 0.3 is 18.2 Å². The van der Waals surface area contributed by atoms with E-state index in [1.54, 1.807) is 47.9 Å². The predicted octanol–water partition coefficient (Wildman–Crippen LogP) is 5.06. The lowest BCUT2D eigenvalue weighted by atomic mass is 9.86. The monoisotopic (exact) mass is 509 g/mol. The average molecular weight is 510 g/mol. The zero-order valence-electron chi connectivity index (χ0n) is 21.1. The number of nitrogens with zero attached hydrogens (tertiary/aromatic N) is 5. The highest BCUT2D eigenvalue weighted by atomic mass is 35.5. The zero-order valence-corrected chi connectivity index (χ0v) is 21.9. The van der Waals surface area contributed by atoms with Gasteiger partial charge in [0.25, 0.3) is 0 Å². The van der Waals surface area contributed by atoms with E-state index >= 15 is 0 Å². The first kappa shape index (κ1) is 26.7. The van der Waals surface area contributed by atoms with Gasteiger partial charge in [-0.3, -0.25) is 4.79 Å². The summed E-state index contributed by atoms with van der Waals surface area (Å²) in [6, 6.07) is -0.00349. The first-order valence-electron chi connectivity index (χ1n) is 11.4. The molecular formula is C23H32ClN5O6. The van der Waals surface area contributed by atoms with Crippen molar-refractivity contribution in [1.82, 2.24) is 19.5 Å². The Hall–Kier alpha value is -2.95. The predicted molar refractivity (Wildman–Crippen MR) is 128 cm³/mol. The second-order valence-electron chi connectivity index (χ2n) is 10.5. The number of rotatable bonds is 3. The van der Waals surface area contributed by atoms with Crippen molar-refractivity contribution in [2.24, 2.45) is 5.92 Å². The van der Waals surface area contributed by atoms with Crippen LogP contribution < -0.4 is 4.90 Å². The molecule has 11 nitrogen and oxygen atoms in total. The van der Waals surface area contributed by atoms with E-state index in [4.69, 9.17) is 25.8 Å². The lowest BCUT2D eigenvalue weighted by Gasteiger charge is -2.28. The van der Waals surface area contributed by atoms with E-state index in [-0.39, 0.29) is 34.5 Å². The highest BCUT2D eigenvalue weighted by Crippen LogP contribution is 2.36.